The average Bonchev–Trinajstić information content (AvgIpc) is 3.03. The summed E-state index contributed by atoms with van der Waals surface area (Å²) in [5.74, 6) is 1.29. The highest BCUT2D eigenvalue weighted by molar-refractivity contribution is 6.35. The maximum Gasteiger partial charge on any atom is 0.185 e. The van der Waals surface area contributed by atoms with Crippen LogP contribution in [-0.4, -0.2) is 24.8 Å². The number of aromatic nitrogens is 5. The summed E-state index contributed by atoms with van der Waals surface area (Å²) in [5, 5.41) is 17.4. The number of fused-ring (bicyclic) bond motifs is 1. The van der Waals surface area contributed by atoms with Gasteiger partial charge in [-0.2, -0.15) is 4.52 Å². The molecule has 0 aliphatic heterocycles. The Labute approximate surface area is 159 Å². The molecule has 8 heteroatoms. The molecule has 0 fully saturated rings. The molecular formula is C18H14Cl2N6. The van der Waals surface area contributed by atoms with Gasteiger partial charge in [0.05, 0.1) is 0 Å². The van der Waals surface area contributed by atoms with Gasteiger partial charge in [-0.05, 0) is 54.4 Å². The molecule has 0 aliphatic carbocycles. The van der Waals surface area contributed by atoms with Crippen LogP contribution in [0.15, 0.2) is 48.8 Å². The first-order valence-corrected chi connectivity index (χ1v) is 8.68. The van der Waals surface area contributed by atoms with Crippen LogP contribution in [-0.2, 0) is 6.54 Å². The van der Waals surface area contributed by atoms with Crippen molar-refractivity contribution in [1.29, 1.82) is 0 Å². The van der Waals surface area contributed by atoms with Crippen molar-refractivity contribution >= 4 is 34.7 Å². The van der Waals surface area contributed by atoms with E-state index in [1.807, 2.05) is 31.3 Å². The van der Waals surface area contributed by atoms with Gasteiger partial charge in [0.25, 0.3) is 0 Å². The summed E-state index contributed by atoms with van der Waals surface area (Å²) in [6.07, 6.45) is 3.62. The van der Waals surface area contributed by atoms with Gasteiger partial charge in [-0.3, -0.25) is 4.98 Å². The molecule has 1 N–H and O–H groups in total. The van der Waals surface area contributed by atoms with Crippen LogP contribution in [0.5, 0.6) is 0 Å². The van der Waals surface area contributed by atoms with Crippen LogP contribution in [0.3, 0.4) is 0 Å². The second-order valence-electron chi connectivity index (χ2n) is 5.83. The van der Waals surface area contributed by atoms with Crippen LogP contribution in [0.25, 0.3) is 17.0 Å². The zero-order chi connectivity index (χ0) is 18.1. The molecule has 0 aliphatic rings. The van der Waals surface area contributed by atoms with Crippen LogP contribution in [0.4, 0.5) is 5.82 Å². The number of nitrogens with zero attached hydrogens (tertiary/aromatic N) is 5. The van der Waals surface area contributed by atoms with Gasteiger partial charge in [0.2, 0.25) is 0 Å². The number of hydrogen-bond acceptors (Lipinski definition) is 5. The third-order valence-electron chi connectivity index (χ3n) is 3.98. The maximum absolute atomic E-state index is 6.10. The summed E-state index contributed by atoms with van der Waals surface area (Å²) in [5.41, 5.74) is 3.68. The van der Waals surface area contributed by atoms with E-state index in [1.165, 1.54) is 0 Å². The molecule has 0 radical (unpaired) electrons. The number of hydrogen-bond donors (Lipinski definition) is 1. The van der Waals surface area contributed by atoms with Crippen LogP contribution in [0.1, 0.15) is 11.1 Å². The van der Waals surface area contributed by atoms with E-state index in [1.54, 1.807) is 28.9 Å². The smallest absolute Gasteiger partial charge is 0.185 e. The van der Waals surface area contributed by atoms with Gasteiger partial charge < -0.3 is 5.32 Å². The SMILES string of the molecule is Cc1cnccc1CNc1ccc2nnc(-c3cc(Cl)cc(Cl)c3)n2n1. The third kappa shape index (κ3) is 3.34. The standard InChI is InChI=1S/C18H14Cl2N6/c1-11-9-21-5-4-12(11)10-22-16-2-3-17-23-24-18(26(17)25-16)13-6-14(19)8-15(20)7-13/h2-9H,10H2,1H3,(H,22,25). The molecule has 0 bridgehead atoms. The van der Waals surface area contributed by atoms with Gasteiger partial charge in [-0.15, -0.1) is 15.3 Å². The molecule has 0 amide bonds. The molecule has 0 atom stereocenters. The minimum absolute atomic E-state index is 0.534. The molecule has 3 heterocycles. The van der Waals surface area contributed by atoms with E-state index in [4.69, 9.17) is 23.2 Å². The normalized spacial score (nSPS) is 11.0. The van der Waals surface area contributed by atoms with E-state index in [9.17, 15) is 0 Å². The van der Waals surface area contributed by atoms with Gasteiger partial charge in [0.1, 0.15) is 5.82 Å². The molecule has 3 aromatic heterocycles. The summed E-state index contributed by atoms with van der Waals surface area (Å²) < 4.78 is 1.67. The van der Waals surface area contributed by atoms with E-state index < -0.39 is 0 Å². The minimum Gasteiger partial charge on any atom is -0.365 e. The first-order valence-electron chi connectivity index (χ1n) is 7.92. The van der Waals surface area contributed by atoms with E-state index in [-0.39, 0.29) is 0 Å². The van der Waals surface area contributed by atoms with E-state index in [2.05, 4.69) is 25.6 Å². The molecule has 130 valence electrons. The molecular weight excluding hydrogens is 371 g/mol. The molecule has 26 heavy (non-hydrogen) atoms. The summed E-state index contributed by atoms with van der Waals surface area (Å²) in [6, 6.07) is 11.0. The molecule has 6 nitrogen and oxygen atoms in total. The van der Waals surface area contributed by atoms with Gasteiger partial charge in [0, 0.05) is 34.5 Å². The van der Waals surface area contributed by atoms with E-state index in [0.29, 0.717) is 33.9 Å². The highest BCUT2D eigenvalue weighted by Crippen LogP contribution is 2.26. The molecule has 0 spiro atoms. The lowest BCUT2D eigenvalue weighted by molar-refractivity contribution is 0.923. The fourth-order valence-electron chi connectivity index (χ4n) is 2.63. The monoisotopic (exact) mass is 384 g/mol. The summed E-state index contributed by atoms with van der Waals surface area (Å²) >= 11 is 12.2. The number of halogens is 2. The van der Waals surface area contributed by atoms with Crippen LogP contribution in [0, 0.1) is 6.92 Å². The van der Waals surface area contributed by atoms with Gasteiger partial charge >= 0.3 is 0 Å². The highest BCUT2D eigenvalue weighted by atomic mass is 35.5. The van der Waals surface area contributed by atoms with Crippen LogP contribution in [0.2, 0.25) is 10.0 Å². The Balaban J connectivity index is 1.67. The maximum atomic E-state index is 6.10. The zero-order valence-electron chi connectivity index (χ0n) is 13.8. The number of nitrogens with one attached hydrogen (secondary N) is 1. The summed E-state index contributed by atoms with van der Waals surface area (Å²) in [6.45, 7) is 2.68. The Kier molecular flexibility index (Phi) is 4.44. The van der Waals surface area contributed by atoms with Crippen molar-refractivity contribution in [2.75, 3.05) is 5.32 Å². The van der Waals surface area contributed by atoms with Gasteiger partial charge in [0.15, 0.2) is 11.5 Å². The van der Waals surface area contributed by atoms with Crippen molar-refractivity contribution in [2.24, 2.45) is 0 Å². The lowest BCUT2D eigenvalue weighted by atomic mass is 10.1. The summed E-state index contributed by atoms with van der Waals surface area (Å²) in [7, 11) is 0. The Hall–Kier alpha value is -2.70. The fourth-order valence-corrected chi connectivity index (χ4v) is 3.16. The minimum atomic E-state index is 0.534. The van der Waals surface area contributed by atoms with Crippen molar-refractivity contribution in [2.45, 2.75) is 13.5 Å². The molecule has 1 aromatic carbocycles. The average molecular weight is 385 g/mol. The quantitative estimate of drug-likeness (QED) is 0.564. The number of rotatable bonds is 4. The van der Waals surface area contributed by atoms with Crippen LogP contribution < -0.4 is 5.32 Å². The Morgan fingerprint density at radius 1 is 1.04 bits per heavy atom. The molecule has 0 saturated carbocycles. The fraction of sp³-hybridized carbons (Fsp3) is 0.111. The first-order chi connectivity index (χ1) is 12.6. The third-order valence-corrected chi connectivity index (χ3v) is 4.42. The lowest BCUT2D eigenvalue weighted by Gasteiger charge is -2.08. The number of pyridine rings is 1. The van der Waals surface area contributed by atoms with E-state index in [0.717, 1.165) is 16.7 Å². The molecule has 0 saturated heterocycles. The molecule has 4 aromatic rings. The van der Waals surface area contributed by atoms with Crippen molar-refractivity contribution in [3.63, 3.8) is 0 Å². The first kappa shape index (κ1) is 16.8. The van der Waals surface area contributed by atoms with Crippen molar-refractivity contribution in [3.8, 4) is 11.4 Å². The van der Waals surface area contributed by atoms with Crippen LogP contribution >= 0.6 is 23.2 Å². The Morgan fingerprint density at radius 2 is 1.85 bits per heavy atom. The van der Waals surface area contributed by atoms with Crippen molar-refractivity contribution < 1.29 is 0 Å². The lowest BCUT2D eigenvalue weighted by Crippen LogP contribution is -2.06. The molecule has 0 unspecified atom stereocenters. The van der Waals surface area contributed by atoms with Crippen molar-refractivity contribution in [1.82, 2.24) is 24.8 Å². The number of benzene rings is 1. The number of anilines is 1. The van der Waals surface area contributed by atoms with E-state index >= 15 is 0 Å². The van der Waals surface area contributed by atoms with Crippen molar-refractivity contribution in [3.05, 3.63) is 70.0 Å². The summed E-state index contributed by atoms with van der Waals surface area (Å²) in [4.78, 5) is 4.11. The predicted molar refractivity (Wildman–Crippen MR) is 103 cm³/mol. The second-order valence-corrected chi connectivity index (χ2v) is 6.70. The second kappa shape index (κ2) is 6.90. The Bertz CT molecular complexity index is 1070. The van der Waals surface area contributed by atoms with Gasteiger partial charge in [-0.1, -0.05) is 23.2 Å². The topological polar surface area (TPSA) is 68.0 Å². The molecule has 4 rings (SSSR count). The number of aryl methyl sites for hydroxylation is 1. The zero-order valence-corrected chi connectivity index (χ0v) is 15.3. The van der Waals surface area contributed by atoms with Gasteiger partial charge in [-0.25, -0.2) is 0 Å². The highest BCUT2D eigenvalue weighted by Gasteiger charge is 2.11. The largest absolute Gasteiger partial charge is 0.365 e. The predicted octanol–water partition coefficient (Wildman–Crippen LogP) is 4.41. The Morgan fingerprint density at radius 3 is 2.62 bits per heavy atom.